The van der Waals surface area contributed by atoms with Gasteiger partial charge < -0.3 is 9.47 Å². The lowest BCUT2D eigenvalue weighted by atomic mass is 9.84. The lowest BCUT2D eigenvalue weighted by molar-refractivity contribution is 0.0655. The van der Waals surface area contributed by atoms with E-state index in [1.165, 1.54) is 23.1 Å². The zero-order valence-corrected chi connectivity index (χ0v) is 15.0. The summed E-state index contributed by atoms with van der Waals surface area (Å²) in [6, 6.07) is 1.38. The highest BCUT2D eigenvalue weighted by Crippen LogP contribution is 2.34. The van der Waals surface area contributed by atoms with E-state index >= 15 is 0 Å². The molecular weight excluding hydrogens is 356 g/mol. The number of amides is 1. The fraction of sp³-hybridized carbons (Fsp3) is 0.471. The minimum Gasteiger partial charge on any atom is -0.337 e. The zero-order chi connectivity index (χ0) is 19.1. The summed E-state index contributed by atoms with van der Waals surface area (Å²) >= 11 is 0. The Morgan fingerprint density at radius 1 is 1.37 bits per heavy atom. The van der Waals surface area contributed by atoms with Crippen molar-refractivity contribution in [2.45, 2.75) is 25.7 Å². The molecule has 2 atom stereocenters. The number of carbonyl (C=O) groups excluding carboxylic acids is 1. The number of nitrogens with zero attached hydrogens (tertiary/aromatic N) is 7. The number of rotatable bonds is 3. The molecule has 10 heteroatoms. The van der Waals surface area contributed by atoms with Crippen LogP contribution in [-0.4, -0.2) is 53.0 Å². The number of imidazole rings is 1. The van der Waals surface area contributed by atoms with Crippen LogP contribution in [0.25, 0.3) is 5.78 Å². The van der Waals surface area contributed by atoms with Crippen molar-refractivity contribution in [2.24, 2.45) is 13.0 Å². The van der Waals surface area contributed by atoms with E-state index in [4.69, 9.17) is 0 Å². The number of aryl methyl sites for hydroxylation is 1. The number of piperidine rings is 1. The second-order valence-electron chi connectivity index (χ2n) is 6.89. The summed E-state index contributed by atoms with van der Waals surface area (Å²) < 4.78 is 29.7. The highest BCUT2D eigenvalue weighted by atomic mass is 19.3. The van der Waals surface area contributed by atoms with Gasteiger partial charge in [0.1, 0.15) is 17.7 Å². The van der Waals surface area contributed by atoms with Crippen LogP contribution in [0.2, 0.25) is 0 Å². The summed E-state index contributed by atoms with van der Waals surface area (Å²) in [5.74, 6) is 0.0662. The van der Waals surface area contributed by atoms with E-state index in [1.807, 2.05) is 0 Å². The summed E-state index contributed by atoms with van der Waals surface area (Å²) in [7, 11) is 1.76. The second kappa shape index (κ2) is 6.67. The quantitative estimate of drug-likeness (QED) is 0.700. The second-order valence-corrected chi connectivity index (χ2v) is 6.89. The molecule has 0 bridgehead atoms. The highest BCUT2D eigenvalue weighted by Gasteiger charge is 2.33. The minimum absolute atomic E-state index is 0.120. The van der Waals surface area contributed by atoms with Crippen LogP contribution >= 0.6 is 0 Å². The number of hydrogen-bond donors (Lipinski definition) is 0. The third kappa shape index (κ3) is 3.04. The number of likely N-dealkylation sites (tertiary alicyclic amines) is 1. The number of hydrogen-bond acceptors (Lipinski definition) is 5. The molecule has 8 nitrogen and oxygen atoms in total. The maximum atomic E-state index is 13.3. The molecular formula is C17H19F2N7O. The van der Waals surface area contributed by atoms with Crippen LogP contribution < -0.4 is 0 Å². The van der Waals surface area contributed by atoms with E-state index in [0.717, 1.165) is 6.42 Å². The molecule has 1 aliphatic heterocycles. The van der Waals surface area contributed by atoms with Crippen LogP contribution in [0, 0.1) is 5.92 Å². The van der Waals surface area contributed by atoms with Crippen LogP contribution in [0.15, 0.2) is 24.9 Å². The van der Waals surface area contributed by atoms with Crippen molar-refractivity contribution in [3.05, 3.63) is 42.0 Å². The lowest BCUT2D eigenvalue weighted by Gasteiger charge is -2.37. The summed E-state index contributed by atoms with van der Waals surface area (Å²) in [6.45, 7) is 3.07. The van der Waals surface area contributed by atoms with Crippen LogP contribution in [0.3, 0.4) is 0 Å². The highest BCUT2D eigenvalue weighted by molar-refractivity contribution is 5.92. The van der Waals surface area contributed by atoms with Crippen LogP contribution in [0.1, 0.15) is 47.6 Å². The fourth-order valence-corrected chi connectivity index (χ4v) is 3.59. The van der Waals surface area contributed by atoms with Gasteiger partial charge in [0, 0.05) is 26.1 Å². The van der Waals surface area contributed by atoms with Crippen molar-refractivity contribution in [1.82, 2.24) is 34.0 Å². The molecule has 1 aliphatic rings. The van der Waals surface area contributed by atoms with Gasteiger partial charge in [0.15, 0.2) is 0 Å². The number of carbonyl (C=O) groups is 1. The first-order chi connectivity index (χ1) is 13.0. The molecule has 1 amide bonds. The van der Waals surface area contributed by atoms with Gasteiger partial charge in [-0.1, -0.05) is 6.92 Å². The van der Waals surface area contributed by atoms with Crippen molar-refractivity contribution in [3.8, 4) is 0 Å². The Balaban J connectivity index is 1.70. The summed E-state index contributed by atoms with van der Waals surface area (Å²) in [6.07, 6.45) is 2.47. The summed E-state index contributed by atoms with van der Waals surface area (Å²) in [5.41, 5.74) is 0.771. The standard InChI is InChI=1S/C17H19F2N7O/c1-10-3-4-25(16(27)14-6-20-9-24(14)2)7-11(10)13-5-12(15(18)19)23-17-21-8-22-26(13)17/h5-6,8-11,15H,3-4,7H2,1-2H3/t10-,11-/m1/s1. The smallest absolute Gasteiger partial charge is 0.280 e. The number of halogens is 2. The van der Waals surface area contributed by atoms with Gasteiger partial charge in [0.25, 0.3) is 18.1 Å². The van der Waals surface area contributed by atoms with E-state index in [-0.39, 0.29) is 29.2 Å². The first kappa shape index (κ1) is 17.5. The number of aromatic nitrogens is 6. The molecule has 142 valence electrons. The van der Waals surface area contributed by atoms with Gasteiger partial charge in [-0.25, -0.2) is 23.3 Å². The molecule has 0 N–H and O–H groups in total. The van der Waals surface area contributed by atoms with Crippen LogP contribution in [0.5, 0.6) is 0 Å². The van der Waals surface area contributed by atoms with Gasteiger partial charge in [0.2, 0.25) is 0 Å². The molecule has 3 aromatic heterocycles. The molecule has 0 aromatic carbocycles. The van der Waals surface area contributed by atoms with Crippen molar-refractivity contribution in [1.29, 1.82) is 0 Å². The summed E-state index contributed by atoms with van der Waals surface area (Å²) in [5, 5.41) is 4.14. The zero-order valence-electron chi connectivity index (χ0n) is 15.0. The van der Waals surface area contributed by atoms with Gasteiger partial charge in [-0.3, -0.25) is 4.79 Å². The largest absolute Gasteiger partial charge is 0.337 e. The first-order valence-corrected chi connectivity index (χ1v) is 8.70. The average Bonchev–Trinajstić information content (AvgIpc) is 3.29. The van der Waals surface area contributed by atoms with Gasteiger partial charge in [-0.15, -0.1) is 0 Å². The molecule has 27 heavy (non-hydrogen) atoms. The maximum absolute atomic E-state index is 13.3. The summed E-state index contributed by atoms with van der Waals surface area (Å²) in [4.78, 5) is 26.4. The minimum atomic E-state index is -2.70. The van der Waals surface area contributed by atoms with Crippen molar-refractivity contribution in [3.63, 3.8) is 0 Å². The van der Waals surface area contributed by atoms with E-state index in [9.17, 15) is 13.6 Å². The molecule has 0 saturated carbocycles. The molecule has 4 heterocycles. The normalized spacial score (nSPS) is 20.6. The number of alkyl halides is 2. The Morgan fingerprint density at radius 3 is 2.89 bits per heavy atom. The van der Waals surface area contributed by atoms with E-state index in [0.29, 0.717) is 24.5 Å². The fourth-order valence-electron chi connectivity index (χ4n) is 3.59. The van der Waals surface area contributed by atoms with Crippen molar-refractivity contribution < 1.29 is 13.6 Å². The Hall–Kier alpha value is -2.91. The third-order valence-corrected chi connectivity index (χ3v) is 5.18. The van der Waals surface area contributed by atoms with Gasteiger partial charge in [-0.05, 0) is 18.4 Å². The molecule has 4 rings (SSSR count). The van der Waals surface area contributed by atoms with Gasteiger partial charge in [0.05, 0.1) is 18.2 Å². The van der Waals surface area contributed by atoms with Gasteiger partial charge >= 0.3 is 0 Å². The van der Waals surface area contributed by atoms with E-state index < -0.39 is 6.43 Å². The molecule has 1 fully saturated rings. The van der Waals surface area contributed by atoms with Crippen molar-refractivity contribution in [2.75, 3.05) is 13.1 Å². The monoisotopic (exact) mass is 375 g/mol. The van der Waals surface area contributed by atoms with Gasteiger partial charge in [-0.2, -0.15) is 10.1 Å². The maximum Gasteiger partial charge on any atom is 0.280 e. The number of fused-ring (bicyclic) bond motifs is 1. The van der Waals surface area contributed by atoms with E-state index in [1.54, 1.807) is 22.8 Å². The SMILES string of the molecule is C[C@@H]1CCN(C(=O)c2cncn2C)C[C@H]1c1cc(C(F)F)nc2ncnn12. The average molecular weight is 375 g/mol. The van der Waals surface area contributed by atoms with Crippen LogP contribution in [-0.2, 0) is 7.05 Å². The lowest BCUT2D eigenvalue weighted by Crippen LogP contribution is -2.43. The Kier molecular flexibility index (Phi) is 4.33. The Labute approximate surface area is 153 Å². The molecule has 1 saturated heterocycles. The molecule has 3 aromatic rings. The van der Waals surface area contributed by atoms with E-state index in [2.05, 4.69) is 27.0 Å². The predicted octanol–water partition coefficient (Wildman–Crippen LogP) is 2.06. The molecule has 0 unspecified atom stereocenters. The first-order valence-electron chi connectivity index (χ1n) is 8.70. The Bertz CT molecular complexity index is 983. The predicted molar refractivity (Wildman–Crippen MR) is 91.4 cm³/mol. The van der Waals surface area contributed by atoms with Crippen molar-refractivity contribution >= 4 is 11.7 Å². The molecule has 0 radical (unpaired) electrons. The third-order valence-electron chi connectivity index (χ3n) is 5.18. The molecule has 0 aliphatic carbocycles. The van der Waals surface area contributed by atoms with Crippen LogP contribution in [0.4, 0.5) is 8.78 Å². The Morgan fingerprint density at radius 2 is 2.19 bits per heavy atom. The molecule has 0 spiro atoms. The topological polar surface area (TPSA) is 81.2 Å².